The Morgan fingerprint density at radius 1 is 1.15 bits per heavy atom. The maximum atomic E-state index is 12.7. The van der Waals surface area contributed by atoms with Crippen LogP contribution in [-0.4, -0.2) is 31.2 Å². The second-order valence-corrected chi connectivity index (χ2v) is 6.73. The molecule has 0 saturated carbocycles. The Labute approximate surface area is 163 Å². The highest BCUT2D eigenvalue weighted by atomic mass is 35.5. The van der Waals surface area contributed by atoms with E-state index in [0.29, 0.717) is 34.1 Å². The van der Waals surface area contributed by atoms with Crippen molar-refractivity contribution in [3.63, 3.8) is 0 Å². The number of rotatable bonds is 7. The highest BCUT2D eigenvalue weighted by molar-refractivity contribution is 6.33. The van der Waals surface area contributed by atoms with Crippen LogP contribution in [0.3, 0.4) is 0 Å². The standard InChI is InChI=1S/C21H22ClN3O2/c1-15-19(20(27-24-15)17-11-6-7-12-18(17)22)21(26)23-13-8-14-25(2)16-9-4-3-5-10-16/h3-7,9-12H,8,13-14H2,1-2H3,(H,23,26). The van der Waals surface area contributed by atoms with Gasteiger partial charge >= 0.3 is 0 Å². The van der Waals surface area contributed by atoms with Crippen LogP contribution in [0.5, 0.6) is 0 Å². The summed E-state index contributed by atoms with van der Waals surface area (Å²) in [4.78, 5) is 14.8. The molecule has 0 saturated heterocycles. The Morgan fingerprint density at radius 3 is 2.59 bits per heavy atom. The fraction of sp³-hybridized carbons (Fsp3) is 0.238. The zero-order valence-electron chi connectivity index (χ0n) is 15.4. The quantitative estimate of drug-likeness (QED) is 0.607. The van der Waals surface area contributed by atoms with E-state index < -0.39 is 0 Å². The van der Waals surface area contributed by atoms with Crippen LogP contribution in [0, 0.1) is 6.92 Å². The van der Waals surface area contributed by atoms with Gasteiger partial charge < -0.3 is 14.7 Å². The van der Waals surface area contributed by atoms with Crippen molar-refractivity contribution in [3.8, 4) is 11.3 Å². The van der Waals surface area contributed by atoms with Gasteiger partial charge in [-0.25, -0.2) is 0 Å². The number of nitrogens with zero attached hydrogens (tertiary/aromatic N) is 2. The molecule has 3 rings (SSSR count). The van der Waals surface area contributed by atoms with Gasteiger partial charge in [0.15, 0.2) is 5.76 Å². The van der Waals surface area contributed by atoms with Crippen LogP contribution in [0.4, 0.5) is 5.69 Å². The predicted octanol–water partition coefficient (Wildman–Crippen LogP) is 4.56. The van der Waals surface area contributed by atoms with E-state index in [1.165, 1.54) is 0 Å². The second-order valence-electron chi connectivity index (χ2n) is 6.32. The maximum Gasteiger partial charge on any atom is 0.257 e. The molecule has 0 bridgehead atoms. The van der Waals surface area contributed by atoms with Gasteiger partial charge in [0.1, 0.15) is 5.56 Å². The highest BCUT2D eigenvalue weighted by Gasteiger charge is 2.22. The van der Waals surface area contributed by atoms with Crippen LogP contribution in [-0.2, 0) is 0 Å². The molecular formula is C21H22ClN3O2. The number of aryl methyl sites for hydroxylation is 1. The summed E-state index contributed by atoms with van der Waals surface area (Å²) in [5.74, 6) is 0.197. The van der Waals surface area contributed by atoms with E-state index >= 15 is 0 Å². The topological polar surface area (TPSA) is 58.4 Å². The third-order valence-electron chi connectivity index (χ3n) is 4.36. The fourth-order valence-corrected chi connectivity index (χ4v) is 3.11. The fourth-order valence-electron chi connectivity index (χ4n) is 2.88. The lowest BCUT2D eigenvalue weighted by Gasteiger charge is -2.19. The Morgan fingerprint density at radius 2 is 1.85 bits per heavy atom. The van der Waals surface area contributed by atoms with Crippen LogP contribution in [0.25, 0.3) is 11.3 Å². The summed E-state index contributed by atoms with van der Waals surface area (Å²) < 4.78 is 5.38. The zero-order chi connectivity index (χ0) is 19.2. The van der Waals surface area contributed by atoms with Gasteiger partial charge in [0.05, 0.1) is 10.7 Å². The number of para-hydroxylation sites is 1. The molecule has 0 atom stereocenters. The molecule has 0 spiro atoms. The van der Waals surface area contributed by atoms with Gasteiger partial charge in [-0.15, -0.1) is 0 Å². The first-order valence-corrected chi connectivity index (χ1v) is 9.21. The molecule has 1 N–H and O–H groups in total. The van der Waals surface area contributed by atoms with Gasteiger partial charge in [-0.05, 0) is 37.6 Å². The van der Waals surface area contributed by atoms with Crippen LogP contribution >= 0.6 is 11.6 Å². The van der Waals surface area contributed by atoms with Crippen LogP contribution in [0.2, 0.25) is 5.02 Å². The van der Waals surface area contributed by atoms with Crippen LogP contribution in [0.15, 0.2) is 59.1 Å². The molecule has 6 heteroatoms. The summed E-state index contributed by atoms with van der Waals surface area (Å²) in [7, 11) is 2.04. The SMILES string of the molecule is Cc1noc(-c2ccccc2Cl)c1C(=O)NCCCN(C)c1ccccc1. The Balaban J connectivity index is 1.61. The van der Waals surface area contributed by atoms with Crippen molar-refractivity contribution < 1.29 is 9.32 Å². The number of nitrogens with one attached hydrogen (secondary N) is 1. The van der Waals surface area contributed by atoms with Crippen molar-refractivity contribution in [2.75, 3.05) is 25.0 Å². The number of benzene rings is 2. The molecule has 3 aromatic rings. The van der Waals surface area contributed by atoms with E-state index in [0.717, 1.165) is 18.7 Å². The average molecular weight is 384 g/mol. The summed E-state index contributed by atoms with van der Waals surface area (Å²) in [5.41, 5.74) is 2.79. The smallest absolute Gasteiger partial charge is 0.257 e. The van der Waals surface area contributed by atoms with Crippen LogP contribution in [0.1, 0.15) is 22.5 Å². The van der Waals surface area contributed by atoms with Gasteiger partial charge in [0.25, 0.3) is 5.91 Å². The number of halogens is 1. The summed E-state index contributed by atoms with van der Waals surface area (Å²) in [6, 6.07) is 17.4. The zero-order valence-corrected chi connectivity index (χ0v) is 16.2. The molecule has 5 nitrogen and oxygen atoms in total. The number of aromatic nitrogens is 1. The minimum absolute atomic E-state index is 0.203. The van der Waals surface area contributed by atoms with E-state index in [1.807, 2.05) is 43.4 Å². The molecule has 0 aliphatic rings. The molecular weight excluding hydrogens is 362 g/mol. The van der Waals surface area contributed by atoms with Gasteiger partial charge in [-0.1, -0.05) is 47.1 Å². The molecule has 27 heavy (non-hydrogen) atoms. The van der Waals surface area contributed by atoms with Crippen molar-refractivity contribution in [1.82, 2.24) is 10.5 Å². The number of hydrogen-bond donors (Lipinski definition) is 1. The van der Waals surface area contributed by atoms with Gasteiger partial charge in [0, 0.05) is 31.4 Å². The summed E-state index contributed by atoms with van der Waals surface area (Å²) in [5, 5.41) is 7.42. The van der Waals surface area contributed by atoms with Crippen LogP contribution < -0.4 is 10.2 Å². The van der Waals surface area contributed by atoms with Crippen molar-refractivity contribution in [2.45, 2.75) is 13.3 Å². The summed E-state index contributed by atoms with van der Waals surface area (Å²) in [6.45, 7) is 3.15. The number of carbonyl (C=O) groups is 1. The summed E-state index contributed by atoms with van der Waals surface area (Å²) in [6.07, 6.45) is 0.822. The number of carbonyl (C=O) groups excluding carboxylic acids is 1. The van der Waals surface area contributed by atoms with E-state index in [-0.39, 0.29) is 5.91 Å². The average Bonchev–Trinajstić information content (AvgIpc) is 3.07. The molecule has 2 aromatic carbocycles. The lowest BCUT2D eigenvalue weighted by molar-refractivity contribution is 0.0953. The Hall–Kier alpha value is -2.79. The van der Waals surface area contributed by atoms with E-state index in [4.69, 9.17) is 16.1 Å². The molecule has 0 fully saturated rings. The first-order valence-electron chi connectivity index (χ1n) is 8.83. The minimum atomic E-state index is -0.203. The minimum Gasteiger partial charge on any atom is -0.375 e. The van der Waals surface area contributed by atoms with Crippen molar-refractivity contribution in [3.05, 3.63) is 70.9 Å². The van der Waals surface area contributed by atoms with Gasteiger partial charge in [0.2, 0.25) is 0 Å². The predicted molar refractivity (Wildman–Crippen MR) is 108 cm³/mol. The molecule has 0 unspecified atom stereocenters. The summed E-state index contributed by atoms with van der Waals surface area (Å²) >= 11 is 6.24. The first kappa shape index (κ1) is 19.0. The van der Waals surface area contributed by atoms with E-state index in [9.17, 15) is 4.79 Å². The monoisotopic (exact) mass is 383 g/mol. The molecule has 0 aliphatic heterocycles. The van der Waals surface area contributed by atoms with Gasteiger partial charge in [-0.2, -0.15) is 0 Å². The largest absolute Gasteiger partial charge is 0.375 e. The third kappa shape index (κ3) is 4.49. The normalized spacial score (nSPS) is 10.6. The highest BCUT2D eigenvalue weighted by Crippen LogP contribution is 2.31. The molecule has 140 valence electrons. The van der Waals surface area contributed by atoms with Crippen molar-refractivity contribution in [2.24, 2.45) is 0 Å². The number of anilines is 1. The second kappa shape index (κ2) is 8.73. The lowest BCUT2D eigenvalue weighted by atomic mass is 10.1. The third-order valence-corrected chi connectivity index (χ3v) is 4.69. The molecule has 0 radical (unpaired) electrons. The molecule has 1 heterocycles. The van der Waals surface area contributed by atoms with Crippen molar-refractivity contribution >= 4 is 23.2 Å². The van der Waals surface area contributed by atoms with Crippen molar-refractivity contribution in [1.29, 1.82) is 0 Å². The van der Waals surface area contributed by atoms with Gasteiger partial charge in [-0.3, -0.25) is 4.79 Å². The Bertz CT molecular complexity index is 909. The van der Waals surface area contributed by atoms with E-state index in [1.54, 1.807) is 13.0 Å². The maximum absolute atomic E-state index is 12.7. The number of hydrogen-bond acceptors (Lipinski definition) is 4. The van der Waals surface area contributed by atoms with E-state index in [2.05, 4.69) is 27.5 Å². The molecule has 0 aliphatic carbocycles. The number of amides is 1. The first-order chi connectivity index (χ1) is 13.1. The lowest BCUT2D eigenvalue weighted by Crippen LogP contribution is -2.28. The Kier molecular flexibility index (Phi) is 6.14. The molecule has 1 aromatic heterocycles. The molecule has 1 amide bonds.